The summed E-state index contributed by atoms with van der Waals surface area (Å²) in [5.74, 6) is 0. The fourth-order valence-corrected chi connectivity index (χ4v) is 9.40. The van der Waals surface area contributed by atoms with Gasteiger partial charge in [0, 0.05) is 0 Å². The summed E-state index contributed by atoms with van der Waals surface area (Å²) in [6.45, 7) is 8.04. The van der Waals surface area contributed by atoms with E-state index in [4.69, 9.17) is 0 Å². The SMILES string of the molecule is CCCCCCCC[PH](CCCCCCCC)(CCCCCCCC)NCCO.Cl. The van der Waals surface area contributed by atoms with Crippen molar-refractivity contribution >= 4 is 19.8 Å². The van der Waals surface area contributed by atoms with Crippen molar-refractivity contribution in [2.45, 2.75) is 136 Å². The van der Waals surface area contributed by atoms with Crippen LogP contribution in [0.5, 0.6) is 0 Å². The molecule has 0 aromatic carbocycles. The molecule has 4 heteroatoms. The molecule has 0 saturated carbocycles. The molecule has 0 unspecified atom stereocenters. The van der Waals surface area contributed by atoms with Crippen LogP contribution in [0.2, 0.25) is 0 Å². The molecular weight excluding hydrogens is 409 g/mol. The minimum Gasteiger partial charge on any atom is -0.147 e. The van der Waals surface area contributed by atoms with Gasteiger partial charge in [-0.2, -0.15) is 0 Å². The smallest absolute Gasteiger partial charge is 0.147 e. The second-order valence-corrected chi connectivity index (χ2v) is 13.9. The Bertz CT molecular complexity index is 277. The first-order chi connectivity index (χ1) is 14.2. The van der Waals surface area contributed by atoms with E-state index in [1.807, 2.05) is 0 Å². The van der Waals surface area contributed by atoms with Crippen molar-refractivity contribution < 1.29 is 5.11 Å². The second-order valence-electron chi connectivity index (χ2n) is 9.48. The van der Waals surface area contributed by atoms with E-state index < -0.39 is 7.41 Å². The molecule has 0 rings (SSSR count). The van der Waals surface area contributed by atoms with E-state index in [1.165, 1.54) is 134 Å². The quantitative estimate of drug-likeness (QED) is 0.110. The number of rotatable bonds is 24. The average Bonchev–Trinajstić information content (AvgIpc) is 2.74. The molecule has 0 atom stereocenters. The van der Waals surface area contributed by atoms with Crippen molar-refractivity contribution in [3.05, 3.63) is 0 Å². The summed E-state index contributed by atoms with van der Waals surface area (Å²) in [6.07, 6.45) is 29.6. The van der Waals surface area contributed by atoms with Crippen molar-refractivity contribution in [3.8, 4) is 0 Å². The molecule has 0 bridgehead atoms. The maximum Gasteiger partial charge on any atom is -0.147 e. The average molecular weight is 468 g/mol. The Morgan fingerprint density at radius 1 is 0.500 bits per heavy atom. The largest absolute Gasteiger partial charge is 0.147 e. The van der Waals surface area contributed by atoms with Crippen LogP contribution in [0, 0.1) is 0 Å². The molecule has 0 radical (unpaired) electrons. The van der Waals surface area contributed by atoms with Crippen molar-refractivity contribution in [3.63, 3.8) is 0 Å². The van der Waals surface area contributed by atoms with E-state index in [-0.39, 0.29) is 12.4 Å². The standard InChI is InChI=1S/C26H58NOP.ClH/c1-4-7-10-13-16-19-24-29(27-22-23-28,25-20-17-14-11-8-5-2)26-21-18-15-12-9-6-3;/h27-29H,4-26H2,1-3H3;1H. The van der Waals surface area contributed by atoms with Gasteiger partial charge >= 0.3 is 186 Å². The number of unbranched alkanes of at least 4 members (excludes halogenated alkanes) is 15. The predicted octanol–water partition coefficient (Wildman–Crippen LogP) is 8.74. The Morgan fingerprint density at radius 3 is 1.10 bits per heavy atom. The van der Waals surface area contributed by atoms with E-state index in [0.29, 0.717) is 6.61 Å². The monoisotopic (exact) mass is 467 g/mol. The molecule has 0 heterocycles. The first kappa shape index (κ1) is 32.8. The molecule has 0 spiro atoms. The van der Waals surface area contributed by atoms with Gasteiger partial charge in [0.15, 0.2) is 0 Å². The summed E-state index contributed by atoms with van der Waals surface area (Å²) >= 11 is 0. The molecule has 0 aliphatic rings. The molecule has 2 N–H and O–H groups in total. The molecule has 0 aliphatic heterocycles. The minimum absolute atomic E-state index is 0. The van der Waals surface area contributed by atoms with Gasteiger partial charge in [-0.15, -0.1) is 12.4 Å². The van der Waals surface area contributed by atoms with E-state index in [0.717, 1.165) is 6.54 Å². The summed E-state index contributed by atoms with van der Waals surface area (Å²) in [6, 6.07) is 0. The molecule has 0 saturated heterocycles. The van der Waals surface area contributed by atoms with Crippen LogP contribution in [-0.2, 0) is 0 Å². The molecule has 0 fully saturated rings. The molecule has 30 heavy (non-hydrogen) atoms. The predicted molar refractivity (Wildman–Crippen MR) is 145 cm³/mol. The van der Waals surface area contributed by atoms with E-state index in [9.17, 15) is 5.11 Å². The van der Waals surface area contributed by atoms with Crippen LogP contribution >= 0.6 is 19.8 Å². The van der Waals surface area contributed by atoms with Crippen LogP contribution < -0.4 is 5.09 Å². The zero-order valence-electron chi connectivity index (χ0n) is 21.1. The third-order valence-electron chi connectivity index (χ3n) is 6.64. The van der Waals surface area contributed by atoms with Crippen LogP contribution in [0.3, 0.4) is 0 Å². The number of aliphatic hydroxyl groups is 1. The molecule has 2 nitrogen and oxygen atoms in total. The Morgan fingerprint density at radius 2 is 0.800 bits per heavy atom. The van der Waals surface area contributed by atoms with Crippen molar-refractivity contribution in [1.29, 1.82) is 0 Å². The van der Waals surface area contributed by atoms with Crippen molar-refractivity contribution in [2.24, 2.45) is 0 Å². The Kier molecular flexibility index (Phi) is 28.3. The maximum absolute atomic E-state index is 9.50. The fraction of sp³-hybridized carbons (Fsp3) is 1.00. The summed E-state index contributed by atoms with van der Waals surface area (Å²) in [5.41, 5.74) is 0. The molecule has 186 valence electrons. The van der Waals surface area contributed by atoms with E-state index >= 15 is 0 Å². The summed E-state index contributed by atoms with van der Waals surface area (Å²) in [4.78, 5) is 0. The van der Waals surface area contributed by atoms with Crippen LogP contribution in [0.15, 0.2) is 0 Å². The van der Waals surface area contributed by atoms with Crippen molar-refractivity contribution in [2.75, 3.05) is 31.6 Å². The second kappa shape index (κ2) is 25.9. The third-order valence-corrected chi connectivity index (χ3v) is 11.6. The number of hydrogen-bond acceptors (Lipinski definition) is 2. The normalized spacial score (nSPS) is 12.1. The molecule has 0 aromatic rings. The van der Waals surface area contributed by atoms with Gasteiger partial charge in [0.2, 0.25) is 0 Å². The van der Waals surface area contributed by atoms with Gasteiger partial charge in [-0.1, -0.05) is 0 Å². The Hall–Kier alpha value is 0.640. The van der Waals surface area contributed by atoms with Crippen LogP contribution in [-0.4, -0.2) is 36.7 Å². The van der Waals surface area contributed by atoms with Gasteiger partial charge in [-0.3, -0.25) is 0 Å². The Balaban J connectivity index is 0. The molecule has 0 aliphatic carbocycles. The van der Waals surface area contributed by atoms with Gasteiger partial charge < -0.3 is 0 Å². The number of hydrogen-bond donors (Lipinski definition) is 2. The third kappa shape index (κ3) is 20.5. The van der Waals surface area contributed by atoms with Gasteiger partial charge in [0.1, 0.15) is 0 Å². The van der Waals surface area contributed by atoms with Gasteiger partial charge in [-0.25, -0.2) is 0 Å². The first-order valence-corrected chi connectivity index (χ1v) is 16.2. The molecule has 0 amide bonds. The topological polar surface area (TPSA) is 32.3 Å². The van der Waals surface area contributed by atoms with Gasteiger partial charge in [0.25, 0.3) is 0 Å². The zero-order valence-corrected chi connectivity index (χ0v) is 22.9. The Labute approximate surface area is 198 Å². The fourth-order valence-electron chi connectivity index (χ4n) is 4.69. The number of nitrogens with one attached hydrogen (secondary N) is 1. The summed E-state index contributed by atoms with van der Waals surface area (Å²) in [5, 5.41) is 13.5. The minimum atomic E-state index is -1.43. The van der Waals surface area contributed by atoms with Crippen LogP contribution in [0.4, 0.5) is 0 Å². The first-order valence-electron chi connectivity index (χ1n) is 13.6. The zero-order chi connectivity index (χ0) is 21.5. The summed E-state index contributed by atoms with van der Waals surface area (Å²) in [7, 11) is -1.43. The van der Waals surface area contributed by atoms with Crippen LogP contribution in [0.25, 0.3) is 0 Å². The van der Waals surface area contributed by atoms with Crippen molar-refractivity contribution in [1.82, 2.24) is 5.09 Å². The number of aliphatic hydroxyl groups excluding tert-OH is 1. The van der Waals surface area contributed by atoms with E-state index in [2.05, 4.69) is 25.9 Å². The van der Waals surface area contributed by atoms with E-state index in [1.54, 1.807) is 0 Å². The van der Waals surface area contributed by atoms with Gasteiger partial charge in [-0.05, 0) is 0 Å². The van der Waals surface area contributed by atoms with Crippen LogP contribution in [0.1, 0.15) is 136 Å². The maximum atomic E-state index is 9.50. The molecule has 0 aromatic heterocycles. The summed E-state index contributed by atoms with van der Waals surface area (Å²) < 4.78 is 0. The number of halogens is 1. The molecular formula is C26H59ClNOP. The van der Waals surface area contributed by atoms with Gasteiger partial charge in [0.05, 0.1) is 0 Å².